The molecule has 0 amide bonds. The highest BCUT2D eigenvalue weighted by molar-refractivity contribution is 5.79. The average molecular weight is 447 g/mol. The molecule has 3 rings (SSSR count). The maximum atomic E-state index is 13.1. The number of rotatable bonds is 10. The molecule has 0 saturated carbocycles. The van der Waals surface area contributed by atoms with Crippen LogP contribution in [0.1, 0.15) is 23.7 Å². The molecule has 0 saturated heterocycles. The number of nitrogens with zero attached hydrogens (tertiary/aromatic N) is 3. The summed E-state index contributed by atoms with van der Waals surface area (Å²) in [6.45, 7) is 9.15. The van der Waals surface area contributed by atoms with Crippen molar-refractivity contribution in [3.63, 3.8) is 0 Å². The lowest BCUT2D eigenvalue weighted by molar-refractivity contribution is -0.131. The molecule has 0 aliphatic carbocycles. The van der Waals surface area contributed by atoms with Crippen LogP contribution in [0.25, 0.3) is 5.69 Å². The Bertz CT molecular complexity index is 1220. The molecule has 170 valence electrons. The monoisotopic (exact) mass is 447 g/mol. The van der Waals surface area contributed by atoms with Gasteiger partial charge in [-0.05, 0) is 35.4 Å². The van der Waals surface area contributed by atoms with E-state index in [-0.39, 0.29) is 18.1 Å². The number of carbonyl (C=O) groups excluding carboxylic acids is 1. The van der Waals surface area contributed by atoms with E-state index in [1.165, 1.54) is 16.1 Å². The molecular weight excluding hydrogens is 422 g/mol. The van der Waals surface area contributed by atoms with Gasteiger partial charge in [0.25, 0.3) is 0 Å². The maximum Gasteiger partial charge on any atom is 0.336 e. The summed E-state index contributed by atoms with van der Waals surface area (Å²) in [4.78, 5) is 29.2. The number of hydrogen-bond donors (Lipinski definition) is 1. The fraction of sp³-hybridized carbons (Fsp3) is 0.160. The van der Waals surface area contributed by atoms with Crippen LogP contribution in [0, 0.1) is 0 Å². The third kappa shape index (κ3) is 5.68. The highest BCUT2D eigenvalue weighted by Gasteiger charge is 2.20. The van der Waals surface area contributed by atoms with Crippen LogP contribution < -0.4 is 10.4 Å². The SMILES string of the molecule is C=CCON=Cc1ccc(-n2c(O)c(Cc3ccc(OC(C)=O)cc3)n(CC=C)c2=O)cc1. The fourth-order valence-electron chi connectivity index (χ4n) is 3.24. The van der Waals surface area contributed by atoms with Crippen molar-refractivity contribution in [3.05, 3.63) is 101 Å². The smallest absolute Gasteiger partial charge is 0.336 e. The normalized spacial score (nSPS) is 10.8. The molecule has 0 aliphatic heterocycles. The fourth-order valence-corrected chi connectivity index (χ4v) is 3.24. The van der Waals surface area contributed by atoms with Gasteiger partial charge in [-0.2, -0.15) is 0 Å². The second-order valence-corrected chi connectivity index (χ2v) is 7.11. The first-order valence-electron chi connectivity index (χ1n) is 10.2. The Morgan fingerprint density at radius 1 is 1.09 bits per heavy atom. The van der Waals surface area contributed by atoms with Gasteiger partial charge >= 0.3 is 11.7 Å². The molecule has 0 radical (unpaired) electrons. The Morgan fingerprint density at radius 3 is 2.39 bits per heavy atom. The summed E-state index contributed by atoms with van der Waals surface area (Å²) in [5.74, 6) is -0.129. The number of carbonyl (C=O) groups is 1. The van der Waals surface area contributed by atoms with Crippen LogP contribution in [0.15, 0.2) is 83.8 Å². The van der Waals surface area contributed by atoms with Gasteiger partial charge in [-0.1, -0.05) is 48.2 Å². The summed E-state index contributed by atoms with van der Waals surface area (Å²) in [6.07, 6.45) is 5.04. The molecule has 0 atom stereocenters. The van der Waals surface area contributed by atoms with Gasteiger partial charge in [-0.3, -0.25) is 9.36 Å². The van der Waals surface area contributed by atoms with Gasteiger partial charge < -0.3 is 14.7 Å². The van der Waals surface area contributed by atoms with Crippen molar-refractivity contribution in [2.24, 2.45) is 5.16 Å². The van der Waals surface area contributed by atoms with E-state index < -0.39 is 5.97 Å². The summed E-state index contributed by atoms with van der Waals surface area (Å²) >= 11 is 0. The largest absolute Gasteiger partial charge is 0.493 e. The van der Waals surface area contributed by atoms with E-state index in [4.69, 9.17) is 9.57 Å². The first-order valence-corrected chi connectivity index (χ1v) is 10.2. The van der Waals surface area contributed by atoms with E-state index >= 15 is 0 Å². The van der Waals surface area contributed by atoms with Gasteiger partial charge in [-0.25, -0.2) is 9.36 Å². The zero-order valence-corrected chi connectivity index (χ0v) is 18.3. The molecule has 8 heteroatoms. The number of aromatic nitrogens is 2. The molecule has 0 unspecified atom stereocenters. The summed E-state index contributed by atoms with van der Waals surface area (Å²) in [6, 6.07) is 13.8. The second-order valence-electron chi connectivity index (χ2n) is 7.11. The molecule has 1 N–H and O–H groups in total. The van der Waals surface area contributed by atoms with Gasteiger partial charge in [0.1, 0.15) is 12.4 Å². The number of ether oxygens (including phenoxy) is 1. The van der Waals surface area contributed by atoms with Crippen LogP contribution in [-0.4, -0.2) is 33.0 Å². The van der Waals surface area contributed by atoms with Crippen LogP contribution in [-0.2, 0) is 22.6 Å². The molecule has 0 aliphatic rings. The molecular formula is C25H25N3O5. The van der Waals surface area contributed by atoms with Crippen molar-refractivity contribution in [1.29, 1.82) is 0 Å². The highest BCUT2D eigenvalue weighted by atomic mass is 16.6. The minimum atomic E-state index is -0.404. The van der Waals surface area contributed by atoms with Crippen molar-refractivity contribution >= 4 is 12.2 Å². The maximum absolute atomic E-state index is 13.1. The summed E-state index contributed by atoms with van der Waals surface area (Å²) in [5, 5.41) is 14.8. The first kappa shape index (κ1) is 23.3. The van der Waals surface area contributed by atoms with Gasteiger partial charge in [0.05, 0.1) is 17.6 Å². The Balaban J connectivity index is 1.91. The number of benzene rings is 2. The Labute approximate surface area is 191 Å². The molecule has 3 aromatic rings. The number of hydrogen-bond acceptors (Lipinski definition) is 6. The zero-order chi connectivity index (χ0) is 23.8. The number of esters is 1. The molecule has 33 heavy (non-hydrogen) atoms. The molecule has 8 nitrogen and oxygen atoms in total. The minimum absolute atomic E-state index is 0.151. The lowest BCUT2D eigenvalue weighted by Gasteiger charge is -2.07. The quantitative estimate of drug-likeness (QED) is 0.128. The number of allylic oxidation sites excluding steroid dienone is 1. The van der Waals surface area contributed by atoms with Crippen molar-refractivity contribution in [2.45, 2.75) is 19.9 Å². The number of oxime groups is 1. The highest BCUT2D eigenvalue weighted by Crippen LogP contribution is 2.24. The van der Waals surface area contributed by atoms with E-state index in [1.54, 1.807) is 66.9 Å². The van der Waals surface area contributed by atoms with E-state index in [2.05, 4.69) is 18.3 Å². The van der Waals surface area contributed by atoms with Crippen molar-refractivity contribution in [2.75, 3.05) is 6.61 Å². The molecule has 2 aromatic carbocycles. The van der Waals surface area contributed by atoms with E-state index in [9.17, 15) is 14.7 Å². The molecule has 1 aromatic heterocycles. The van der Waals surface area contributed by atoms with Gasteiger partial charge in [0, 0.05) is 19.9 Å². The van der Waals surface area contributed by atoms with Crippen molar-refractivity contribution in [1.82, 2.24) is 9.13 Å². The summed E-state index contributed by atoms with van der Waals surface area (Å²) in [7, 11) is 0. The summed E-state index contributed by atoms with van der Waals surface area (Å²) in [5.41, 5.74) is 2.19. The standard InChI is InChI=1S/C25H25N3O5/c1-4-14-27-23(16-19-8-12-22(13-9-19)33-18(3)29)24(30)28(25(27)31)21-10-6-20(7-11-21)17-26-32-15-5-2/h4-13,17,30H,1-2,14-16H2,3H3. The lowest BCUT2D eigenvalue weighted by atomic mass is 10.1. The molecule has 0 spiro atoms. The second kappa shape index (κ2) is 10.8. The van der Waals surface area contributed by atoms with Crippen LogP contribution in [0.3, 0.4) is 0 Å². The third-order valence-electron chi connectivity index (χ3n) is 4.71. The number of imidazole rings is 1. The molecule has 1 heterocycles. The average Bonchev–Trinajstić information content (AvgIpc) is 3.02. The first-order chi connectivity index (χ1) is 15.9. The zero-order valence-electron chi connectivity index (χ0n) is 18.3. The lowest BCUT2D eigenvalue weighted by Crippen LogP contribution is -2.23. The minimum Gasteiger partial charge on any atom is -0.493 e. The van der Waals surface area contributed by atoms with E-state index in [1.807, 2.05) is 0 Å². The Hall–Kier alpha value is -4.33. The van der Waals surface area contributed by atoms with Crippen LogP contribution >= 0.6 is 0 Å². The van der Waals surface area contributed by atoms with E-state index in [0.717, 1.165) is 11.1 Å². The third-order valence-corrected chi connectivity index (χ3v) is 4.71. The number of aromatic hydroxyl groups is 1. The van der Waals surface area contributed by atoms with Crippen LogP contribution in [0.4, 0.5) is 0 Å². The molecule has 0 fully saturated rings. The Kier molecular flexibility index (Phi) is 7.64. The van der Waals surface area contributed by atoms with Gasteiger partial charge in [-0.15, -0.1) is 6.58 Å². The van der Waals surface area contributed by atoms with Gasteiger partial charge in [0.15, 0.2) is 0 Å². The van der Waals surface area contributed by atoms with Crippen molar-refractivity contribution < 1.29 is 19.5 Å². The topological polar surface area (TPSA) is 95.1 Å². The Morgan fingerprint density at radius 2 is 1.79 bits per heavy atom. The molecule has 0 bridgehead atoms. The van der Waals surface area contributed by atoms with Crippen molar-refractivity contribution in [3.8, 4) is 17.3 Å². The van der Waals surface area contributed by atoms with E-state index in [0.29, 0.717) is 30.2 Å². The van der Waals surface area contributed by atoms with Crippen LogP contribution in [0.2, 0.25) is 0 Å². The predicted molar refractivity (Wildman–Crippen MR) is 126 cm³/mol. The predicted octanol–water partition coefficient (Wildman–Crippen LogP) is 3.58. The summed E-state index contributed by atoms with van der Waals surface area (Å²) < 4.78 is 7.77. The van der Waals surface area contributed by atoms with Gasteiger partial charge in [0.2, 0.25) is 5.88 Å². The van der Waals surface area contributed by atoms with Crippen LogP contribution in [0.5, 0.6) is 11.6 Å².